The van der Waals surface area contributed by atoms with Crippen LogP contribution in [-0.4, -0.2) is 49.2 Å². The van der Waals surface area contributed by atoms with E-state index in [1.165, 1.54) is 12.8 Å². The van der Waals surface area contributed by atoms with Crippen LogP contribution in [0.3, 0.4) is 0 Å². The van der Waals surface area contributed by atoms with Crippen LogP contribution in [0, 0.1) is 0 Å². The number of rotatable bonds is 8. The summed E-state index contributed by atoms with van der Waals surface area (Å²) in [5, 5.41) is 3.95. The number of nitrogens with one attached hydrogen (secondary N) is 1. The summed E-state index contributed by atoms with van der Waals surface area (Å²) in [4.78, 5) is 23.2. The Bertz CT molecular complexity index is 767. The molecule has 1 aliphatic heterocycles. The minimum atomic E-state index is -0.0975. The fourth-order valence-electron chi connectivity index (χ4n) is 2.83. The van der Waals surface area contributed by atoms with Gasteiger partial charge in [0.15, 0.2) is 5.16 Å². The molecule has 0 radical (unpaired) electrons. The maximum atomic E-state index is 12.0. The van der Waals surface area contributed by atoms with Gasteiger partial charge < -0.3 is 15.0 Å². The quantitative estimate of drug-likeness (QED) is 0.313. The van der Waals surface area contributed by atoms with Crippen LogP contribution in [-0.2, 0) is 10.5 Å². The molecule has 1 fully saturated rings. The predicted molar refractivity (Wildman–Crippen MR) is 109 cm³/mol. The van der Waals surface area contributed by atoms with Gasteiger partial charge in [0.05, 0.1) is 6.61 Å². The van der Waals surface area contributed by atoms with Crippen LogP contribution in [0.4, 0.5) is 5.82 Å². The molecule has 144 valence electrons. The van der Waals surface area contributed by atoms with E-state index < -0.39 is 0 Å². The van der Waals surface area contributed by atoms with Crippen LogP contribution in [0.25, 0.3) is 0 Å². The molecule has 1 aromatic carbocycles. The normalized spacial score (nSPS) is 13.8. The van der Waals surface area contributed by atoms with Crippen molar-refractivity contribution in [2.45, 2.75) is 23.8 Å². The van der Waals surface area contributed by atoms with Gasteiger partial charge in [-0.2, -0.15) is 0 Å². The van der Waals surface area contributed by atoms with Crippen molar-refractivity contribution in [1.29, 1.82) is 0 Å². The lowest BCUT2D eigenvalue weighted by Gasteiger charge is -2.16. The molecular formula is C19H23ClN4O2S. The van der Waals surface area contributed by atoms with Crippen LogP contribution < -0.4 is 10.2 Å². The van der Waals surface area contributed by atoms with E-state index in [2.05, 4.69) is 20.2 Å². The third-order valence-corrected chi connectivity index (χ3v) is 5.38. The molecule has 0 saturated carbocycles. The van der Waals surface area contributed by atoms with Crippen molar-refractivity contribution >= 4 is 35.1 Å². The molecule has 0 unspecified atom stereocenters. The third kappa shape index (κ3) is 5.82. The summed E-state index contributed by atoms with van der Waals surface area (Å²) < 4.78 is 4.93. The average molecular weight is 407 g/mol. The van der Waals surface area contributed by atoms with Crippen LogP contribution in [0.2, 0.25) is 5.15 Å². The van der Waals surface area contributed by atoms with Crippen molar-refractivity contribution in [1.82, 2.24) is 15.3 Å². The zero-order valence-corrected chi connectivity index (χ0v) is 16.9. The van der Waals surface area contributed by atoms with Gasteiger partial charge in [-0.25, -0.2) is 9.97 Å². The second kappa shape index (κ2) is 9.92. The Balaban J connectivity index is 1.57. The monoisotopic (exact) mass is 406 g/mol. The van der Waals surface area contributed by atoms with Gasteiger partial charge in [0, 0.05) is 44.1 Å². The number of halogens is 1. The van der Waals surface area contributed by atoms with Gasteiger partial charge in [0.25, 0.3) is 5.91 Å². The second-order valence-corrected chi connectivity index (χ2v) is 7.59. The maximum absolute atomic E-state index is 12.0. The zero-order chi connectivity index (χ0) is 19.1. The van der Waals surface area contributed by atoms with Gasteiger partial charge in [-0.3, -0.25) is 4.79 Å². The smallest absolute Gasteiger partial charge is 0.251 e. The summed E-state index contributed by atoms with van der Waals surface area (Å²) in [6.07, 6.45) is 2.38. The van der Waals surface area contributed by atoms with E-state index >= 15 is 0 Å². The van der Waals surface area contributed by atoms with Gasteiger partial charge in [-0.15, -0.1) is 0 Å². The van der Waals surface area contributed by atoms with Crippen LogP contribution in [0.1, 0.15) is 28.8 Å². The number of hydrogen-bond acceptors (Lipinski definition) is 6. The molecule has 1 saturated heterocycles. The lowest BCUT2D eigenvalue weighted by Crippen LogP contribution is -2.26. The minimum absolute atomic E-state index is 0.0975. The Hall–Kier alpha value is -1.83. The highest BCUT2D eigenvalue weighted by Crippen LogP contribution is 2.26. The topological polar surface area (TPSA) is 67.3 Å². The molecule has 0 spiro atoms. The number of aromatic nitrogens is 2. The molecular weight excluding hydrogens is 384 g/mol. The highest BCUT2D eigenvalue weighted by atomic mass is 35.5. The van der Waals surface area contributed by atoms with E-state index in [1.54, 1.807) is 18.9 Å². The molecule has 0 aliphatic carbocycles. The predicted octanol–water partition coefficient (Wildman–Crippen LogP) is 3.40. The SMILES string of the molecule is COCCNC(=O)c1ccc(CSc2nc(Cl)cc(N3CCCC3)n2)cc1. The molecule has 1 aromatic heterocycles. The molecule has 6 nitrogen and oxygen atoms in total. The van der Waals surface area contributed by atoms with Crippen LogP contribution in [0.15, 0.2) is 35.5 Å². The number of benzene rings is 1. The Kier molecular flexibility index (Phi) is 7.32. The summed E-state index contributed by atoms with van der Waals surface area (Å²) in [5.41, 5.74) is 1.73. The Labute approximate surface area is 168 Å². The van der Waals surface area contributed by atoms with Crippen LogP contribution >= 0.6 is 23.4 Å². The van der Waals surface area contributed by atoms with Crippen molar-refractivity contribution in [2.24, 2.45) is 0 Å². The second-order valence-electron chi connectivity index (χ2n) is 6.26. The van der Waals surface area contributed by atoms with Gasteiger partial charge in [-0.05, 0) is 30.5 Å². The number of hydrogen-bond donors (Lipinski definition) is 1. The third-order valence-electron chi connectivity index (χ3n) is 4.27. The molecule has 2 heterocycles. The fraction of sp³-hybridized carbons (Fsp3) is 0.421. The number of methoxy groups -OCH3 is 1. The first kappa shape index (κ1) is 19.9. The molecule has 1 N–H and O–H groups in total. The van der Waals surface area contributed by atoms with E-state index in [-0.39, 0.29) is 5.91 Å². The summed E-state index contributed by atoms with van der Waals surface area (Å²) in [5.74, 6) is 1.52. The lowest BCUT2D eigenvalue weighted by molar-refractivity contribution is 0.0937. The molecule has 0 atom stereocenters. The average Bonchev–Trinajstić information content (AvgIpc) is 3.21. The largest absolute Gasteiger partial charge is 0.383 e. The number of nitrogens with zero attached hydrogens (tertiary/aromatic N) is 3. The minimum Gasteiger partial charge on any atom is -0.383 e. The number of amides is 1. The summed E-state index contributed by atoms with van der Waals surface area (Å²) in [6, 6.07) is 9.38. The lowest BCUT2D eigenvalue weighted by atomic mass is 10.1. The number of carbonyl (C=O) groups is 1. The van der Waals surface area contributed by atoms with Crippen molar-refractivity contribution in [3.63, 3.8) is 0 Å². The first-order valence-corrected chi connectivity index (χ1v) is 10.3. The molecule has 2 aromatic rings. The first-order valence-electron chi connectivity index (χ1n) is 8.94. The molecule has 8 heteroatoms. The number of ether oxygens (including phenoxy) is 1. The fourth-order valence-corrected chi connectivity index (χ4v) is 3.86. The Morgan fingerprint density at radius 1 is 1.26 bits per heavy atom. The van der Waals surface area contributed by atoms with E-state index in [4.69, 9.17) is 16.3 Å². The molecule has 3 rings (SSSR count). The van der Waals surface area contributed by atoms with Gasteiger partial charge >= 0.3 is 0 Å². The Morgan fingerprint density at radius 2 is 2.00 bits per heavy atom. The highest BCUT2D eigenvalue weighted by molar-refractivity contribution is 7.98. The van der Waals surface area contributed by atoms with Crippen molar-refractivity contribution in [3.8, 4) is 0 Å². The summed E-state index contributed by atoms with van der Waals surface area (Å²) in [7, 11) is 1.61. The van der Waals surface area contributed by atoms with E-state index in [1.807, 2.05) is 30.3 Å². The van der Waals surface area contributed by atoms with Crippen molar-refractivity contribution < 1.29 is 9.53 Å². The van der Waals surface area contributed by atoms with E-state index in [9.17, 15) is 4.79 Å². The standard InChI is InChI=1S/C19H23ClN4O2S/c1-26-11-8-21-18(25)15-6-4-14(5-7-15)13-27-19-22-16(20)12-17(23-19)24-9-2-3-10-24/h4-7,12H,2-3,8-11,13H2,1H3,(H,21,25). The molecule has 0 bridgehead atoms. The summed E-state index contributed by atoms with van der Waals surface area (Å²) >= 11 is 7.71. The molecule has 1 amide bonds. The summed E-state index contributed by atoms with van der Waals surface area (Å²) in [6.45, 7) is 3.04. The van der Waals surface area contributed by atoms with Gasteiger partial charge in [-0.1, -0.05) is 35.5 Å². The highest BCUT2D eigenvalue weighted by Gasteiger charge is 2.15. The Morgan fingerprint density at radius 3 is 2.70 bits per heavy atom. The van der Waals surface area contributed by atoms with Crippen molar-refractivity contribution in [3.05, 3.63) is 46.6 Å². The number of carbonyl (C=O) groups excluding carboxylic acids is 1. The van der Waals surface area contributed by atoms with Gasteiger partial charge in [0.1, 0.15) is 11.0 Å². The molecule has 27 heavy (non-hydrogen) atoms. The number of anilines is 1. The van der Waals surface area contributed by atoms with Crippen LogP contribution in [0.5, 0.6) is 0 Å². The molecule has 1 aliphatic rings. The maximum Gasteiger partial charge on any atom is 0.251 e. The first-order chi connectivity index (χ1) is 13.2. The van der Waals surface area contributed by atoms with E-state index in [0.717, 1.165) is 24.5 Å². The van der Waals surface area contributed by atoms with Gasteiger partial charge in [0.2, 0.25) is 0 Å². The number of thioether (sulfide) groups is 1. The van der Waals surface area contributed by atoms with E-state index in [0.29, 0.717) is 34.8 Å². The van der Waals surface area contributed by atoms with Crippen molar-refractivity contribution in [2.75, 3.05) is 38.3 Å². The zero-order valence-electron chi connectivity index (χ0n) is 15.3.